The standard InChI is InChI=1S/C18H27N3O/c1-15-7-5-6-11-21(15)18(22)19-13-16-10-12-20(14-16)17-8-3-2-4-9-17/h2-4,8-9,15-16H,5-7,10-14H2,1H3,(H,19,22). The number of anilines is 1. The zero-order valence-corrected chi connectivity index (χ0v) is 13.5. The van der Waals surface area contributed by atoms with Gasteiger partial charge in [-0.25, -0.2) is 4.79 Å². The Hall–Kier alpha value is -1.71. The number of piperidine rings is 1. The van der Waals surface area contributed by atoms with Crippen molar-refractivity contribution in [1.82, 2.24) is 10.2 Å². The van der Waals surface area contributed by atoms with Crippen LogP contribution in [0.25, 0.3) is 0 Å². The minimum Gasteiger partial charge on any atom is -0.371 e. The maximum absolute atomic E-state index is 12.3. The highest BCUT2D eigenvalue weighted by molar-refractivity contribution is 5.74. The second-order valence-corrected chi connectivity index (χ2v) is 6.66. The zero-order valence-electron chi connectivity index (χ0n) is 13.5. The summed E-state index contributed by atoms with van der Waals surface area (Å²) in [6.45, 7) is 6.00. The van der Waals surface area contributed by atoms with Gasteiger partial charge in [0.25, 0.3) is 0 Å². The van der Waals surface area contributed by atoms with Gasteiger partial charge >= 0.3 is 6.03 Å². The topological polar surface area (TPSA) is 35.6 Å². The van der Waals surface area contributed by atoms with E-state index < -0.39 is 0 Å². The van der Waals surface area contributed by atoms with Crippen LogP contribution in [0.4, 0.5) is 10.5 Å². The molecular formula is C18H27N3O. The van der Waals surface area contributed by atoms with Crippen LogP contribution in [0.5, 0.6) is 0 Å². The summed E-state index contributed by atoms with van der Waals surface area (Å²) in [7, 11) is 0. The smallest absolute Gasteiger partial charge is 0.317 e. The van der Waals surface area contributed by atoms with Crippen LogP contribution in [-0.4, -0.2) is 43.2 Å². The second kappa shape index (κ2) is 7.03. The van der Waals surface area contributed by atoms with E-state index in [4.69, 9.17) is 0 Å². The number of amides is 2. The van der Waals surface area contributed by atoms with Crippen LogP contribution in [0.1, 0.15) is 32.6 Å². The first-order chi connectivity index (χ1) is 10.7. The SMILES string of the molecule is CC1CCCCN1C(=O)NCC1CCN(c2ccccc2)C1. The first kappa shape index (κ1) is 15.2. The monoisotopic (exact) mass is 301 g/mol. The predicted molar refractivity (Wildman–Crippen MR) is 90.2 cm³/mol. The number of urea groups is 1. The van der Waals surface area contributed by atoms with E-state index in [-0.39, 0.29) is 6.03 Å². The van der Waals surface area contributed by atoms with Crippen LogP contribution in [0.3, 0.4) is 0 Å². The molecule has 0 radical (unpaired) electrons. The molecule has 0 aromatic heterocycles. The van der Waals surface area contributed by atoms with Gasteiger partial charge in [-0.05, 0) is 50.7 Å². The predicted octanol–water partition coefficient (Wildman–Crippen LogP) is 3.10. The van der Waals surface area contributed by atoms with Gasteiger partial charge in [0.15, 0.2) is 0 Å². The molecule has 0 bridgehead atoms. The Labute approximate surface area is 133 Å². The molecule has 22 heavy (non-hydrogen) atoms. The van der Waals surface area contributed by atoms with Gasteiger partial charge in [-0.3, -0.25) is 0 Å². The summed E-state index contributed by atoms with van der Waals surface area (Å²) in [5, 5.41) is 3.16. The number of nitrogens with one attached hydrogen (secondary N) is 1. The maximum Gasteiger partial charge on any atom is 0.317 e. The summed E-state index contributed by atoms with van der Waals surface area (Å²) in [5.41, 5.74) is 1.29. The fourth-order valence-corrected chi connectivity index (χ4v) is 3.61. The molecule has 2 heterocycles. The van der Waals surface area contributed by atoms with E-state index in [0.717, 1.165) is 45.4 Å². The summed E-state index contributed by atoms with van der Waals surface area (Å²) in [6.07, 6.45) is 4.69. The summed E-state index contributed by atoms with van der Waals surface area (Å²) in [4.78, 5) is 16.7. The highest BCUT2D eigenvalue weighted by Gasteiger charge is 2.26. The Morgan fingerprint density at radius 3 is 2.77 bits per heavy atom. The van der Waals surface area contributed by atoms with Crippen LogP contribution >= 0.6 is 0 Å². The molecule has 2 fully saturated rings. The van der Waals surface area contributed by atoms with Crippen molar-refractivity contribution in [1.29, 1.82) is 0 Å². The van der Waals surface area contributed by atoms with Gasteiger partial charge < -0.3 is 15.1 Å². The van der Waals surface area contributed by atoms with E-state index in [1.807, 2.05) is 4.90 Å². The molecule has 2 unspecified atom stereocenters. The van der Waals surface area contributed by atoms with Crippen LogP contribution in [0, 0.1) is 5.92 Å². The Bertz CT molecular complexity index is 490. The van der Waals surface area contributed by atoms with Crippen LogP contribution in [0.2, 0.25) is 0 Å². The molecule has 2 aliphatic rings. The van der Waals surface area contributed by atoms with E-state index in [1.54, 1.807) is 0 Å². The highest BCUT2D eigenvalue weighted by Crippen LogP contribution is 2.23. The molecule has 2 atom stereocenters. The average molecular weight is 301 g/mol. The molecule has 2 aliphatic heterocycles. The van der Waals surface area contributed by atoms with Gasteiger partial charge in [-0.1, -0.05) is 18.2 Å². The lowest BCUT2D eigenvalue weighted by Gasteiger charge is -2.33. The van der Waals surface area contributed by atoms with Crippen molar-refractivity contribution in [2.24, 2.45) is 5.92 Å². The van der Waals surface area contributed by atoms with Gasteiger partial charge in [0.1, 0.15) is 0 Å². The fourth-order valence-electron chi connectivity index (χ4n) is 3.61. The molecule has 1 N–H and O–H groups in total. The zero-order chi connectivity index (χ0) is 15.4. The van der Waals surface area contributed by atoms with Crippen molar-refractivity contribution < 1.29 is 4.79 Å². The number of rotatable bonds is 3. The summed E-state index contributed by atoms with van der Waals surface area (Å²) < 4.78 is 0. The van der Waals surface area contributed by atoms with Crippen molar-refractivity contribution in [2.45, 2.75) is 38.6 Å². The van der Waals surface area contributed by atoms with Crippen molar-refractivity contribution in [2.75, 3.05) is 31.1 Å². The lowest BCUT2D eigenvalue weighted by atomic mass is 10.0. The minimum absolute atomic E-state index is 0.130. The van der Waals surface area contributed by atoms with E-state index in [1.165, 1.54) is 12.1 Å². The Morgan fingerprint density at radius 2 is 2.00 bits per heavy atom. The lowest BCUT2D eigenvalue weighted by Crippen LogP contribution is -2.48. The molecule has 3 rings (SSSR count). The second-order valence-electron chi connectivity index (χ2n) is 6.66. The largest absolute Gasteiger partial charge is 0.371 e. The Morgan fingerprint density at radius 1 is 1.18 bits per heavy atom. The summed E-state index contributed by atoms with van der Waals surface area (Å²) in [5.74, 6) is 0.559. The van der Waals surface area contributed by atoms with Crippen LogP contribution < -0.4 is 10.2 Å². The summed E-state index contributed by atoms with van der Waals surface area (Å²) >= 11 is 0. The van der Waals surface area contributed by atoms with E-state index in [2.05, 4.69) is 47.5 Å². The van der Waals surface area contributed by atoms with E-state index in [0.29, 0.717) is 12.0 Å². The van der Waals surface area contributed by atoms with Gasteiger partial charge in [-0.15, -0.1) is 0 Å². The number of para-hydroxylation sites is 1. The number of nitrogens with zero attached hydrogens (tertiary/aromatic N) is 2. The van der Waals surface area contributed by atoms with Gasteiger partial charge in [0.05, 0.1) is 0 Å². The third-order valence-electron chi connectivity index (χ3n) is 5.01. The molecular weight excluding hydrogens is 274 g/mol. The maximum atomic E-state index is 12.3. The molecule has 1 aromatic carbocycles. The Balaban J connectivity index is 1.45. The Kier molecular flexibility index (Phi) is 4.86. The number of likely N-dealkylation sites (tertiary alicyclic amines) is 1. The van der Waals surface area contributed by atoms with Crippen molar-refractivity contribution >= 4 is 11.7 Å². The molecule has 0 spiro atoms. The van der Waals surface area contributed by atoms with Crippen LogP contribution in [0.15, 0.2) is 30.3 Å². The molecule has 120 valence electrons. The lowest BCUT2D eigenvalue weighted by molar-refractivity contribution is 0.157. The summed E-state index contributed by atoms with van der Waals surface area (Å²) in [6, 6.07) is 11.1. The number of benzene rings is 1. The number of carbonyl (C=O) groups is 1. The number of hydrogen-bond acceptors (Lipinski definition) is 2. The van der Waals surface area contributed by atoms with Crippen molar-refractivity contribution in [3.8, 4) is 0 Å². The minimum atomic E-state index is 0.130. The fraction of sp³-hybridized carbons (Fsp3) is 0.611. The van der Waals surface area contributed by atoms with Gasteiger partial charge in [-0.2, -0.15) is 0 Å². The molecule has 0 aliphatic carbocycles. The quantitative estimate of drug-likeness (QED) is 0.931. The molecule has 2 saturated heterocycles. The molecule has 4 nitrogen and oxygen atoms in total. The van der Waals surface area contributed by atoms with Crippen molar-refractivity contribution in [3.05, 3.63) is 30.3 Å². The number of hydrogen-bond donors (Lipinski definition) is 1. The molecule has 2 amide bonds. The first-order valence-electron chi connectivity index (χ1n) is 8.58. The van der Waals surface area contributed by atoms with Gasteiger partial charge in [0, 0.05) is 37.9 Å². The molecule has 4 heteroatoms. The van der Waals surface area contributed by atoms with Crippen LogP contribution in [-0.2, 0) is 0 Å². The first-order valence-corrected chi connectivity index (χ1v) is 8.58. The average Bonchev–Trinajstić information content (AvgIpc) is 3.03. The van der Waals surface area contributed by atoms with E-state index in [9.17, 15) is 4.79 Å². The van der Waals surface area contributed by atoms with E-state index >= 15 is 0 Å². The number of carbonyl (C=O) groups excluding carboxylic acids is 1. The molecule has 1 aromatic rings. The van der Waals surface area contributed by atoms with Gasteiger partial charge in [0.2, 0.25) is 0 Å². The highest BCUT2D eigenvalue weighted by atomic mass is 16.2. The third-order valence-corrected chi connectivity index (χ3v) is 5.01. The third kappa shape index (κ3) is 3.54. The van der Waals surface area contributed by atoms with Crippen molar-refractivity contribution in [3.63, 3.8) is 0 Å². The molecule has 0 saturated carbocycles. The normalized spacial score (nSPS) is 25.3.